The first-order valence-electron chi connectivity index (χ1n) is 3.51. The molecule has 0 radical (unpaired) electrons. The second-order valence-corrected chi connectivity index (χ2v) is 4.06. The number of hydrogen-bond acceptors (Lipinski definition) is 4. The molecule has 0 saturated heterocycles. The molecule has 0 spiro atoms. The van der Waals surface area contributed by atoms with Gasteiger partial charge in [0.25, 0.3) is 10.1 Å². The average molecular weight is 193 g/mol. The zero-order valence-electron chi connectivity index (χ0n) is 6.51. The number of ether oxygens (including phenoxy) is 1. The first-order chi connectivity index (χ1) is 5.58. The van der Waals surface area contributed by atoms with Crippen LogP contribution < -0.4 is 0 Å². The van der Waals surface area contributed by atoms with Gasteiger partial charge in [-0.25, -0.2) is 0 Å². The number of nitrogens with zero attached hydrogens (tertiary/aromatic N) is 1. The molecule has 0 amide bonds. The van der Waals surface area contributed by atoms with Gasteiger partial charge in [0.15, 0.2) is 0 Å². The highest BCUT2D eigenvalue weighted by Crippen LogP contribution is 1.98. The SMILES string of the molecule is O=S(=O)(O)CCN1C=CCOC1. The summed E-state index contributed by atoms with van der Waals surface area (Å²) in [7, 11) is -3.85. The molecule has 0 bridgehead atoms. The minimum Gasteiger partial charge on any atom is -0.357 e. The molecule has 0 aromatic carbocycles. The highest BCUT2D eigenvalue weighted by atomic mass is 32.2. The lowest BCUT2D eigenvalue weighted by molar-refractivity contribution is 0.0603. The Hall–Kier alpha value is -0.590. The number of hydrogen-bond donors (Lipinski definition) is 1. The van der Waals surface area contributed by atoms with Crippen LogP contribution in [0.4, 0.5) is 0 Å². The fraction of sp³-hybridized carbons (Fsp3) is 0.667. The number of rotatable bonds is 3. The monoisotopic (exact) mass is 193 g/mol. The zero-order chi connectivity index (χ0) is 9.03. The summed E-state index contributed by atoms with van der Waals surface area (Å²) in [6, 6.07) is 0. The maximum absolute atomic E-state index is 10.3. The summed E-state index contributed by atoms with van der Waals surface area (Å²) in [5.74, 6) is -0.263. The fourth-order valence-corrected chi connectivity index (χ4v) is 1.31. The Bertz CT molecular complexity index is 259. The molecule has 0 aromatic rings. The van der Waals surface area contributed by atoms with E-state index in [1.54, 1.807) is 17.2 Å². The van der Waals surface area contributed by atoms with Gasteiger partial charge in [-0.15, -0.1) is 0 Å². The van der Waals surface area contributed by atoms with E-state index in [0.717, 1.165) is 0 Å². The first kappa shape index (κ1) is 9.50. The van der Waals surface area contributed by atoms with E-state index in [4.69, 9.17) is 9.29 Å². The lowest BCUT2D eigenvalue weighted by Gasteiger charge is -2.22. The lowest BCUT2D eigenvalue weighted by atomic mass is 10.5. The maximum atomic E-state index is 10.3. The van der Waals surface area contributed by atoms with Gasteiger partial charge in [-0.05, 0) is 12.3 Å². The van der Waals surface area contributed by atoms with Gasteiger partial charge in [0.1, 0.15) is 6.73 Å². The summed E-state index contributed by atoms with van der Waals surface area (Å²) in [5, 5.41) is 0. The highest BCUT2D eigenvalue weighted by Gasteiger charge is 2.08. The molecular formula is C6H11NO4S. The van der Waals surface area contributed by atoms with Crippen LogP contribution in [0, 0.1) is 0 Å². The van der Waals surface area contributed by atoms with Crippen LogP contribution in [0.2, 0.25) is 0 Å². The van der Waals surface area contributed by atoms with Crippen molar-refractivity contribution in [3.8, 4) is 0 Å². The minimum absolute atomic E-state index is 0.259. The molecule has 1 N–H and O–H groups in total. The molecular weight excluding hydrogens is 182 g/mol. The zero-order valence-corrected chi connectivity index (χ0v) is 7.33. The summed E-state index contributed by atoms with van der Waals surface area (Å²) in [6.45, 7) is 1.20. The van der Waals surface area contributed by atoms with Crippen molar-refractivity contribution in [3.63, 3.8) is 0 Å². The van der Waals surface area contributed by atoms with E-state index < -0.39 is 10.1 Å². The molecule has 0 saturated carbocycles. The molecule has 0 unspecified atom stereocenters. The molecule has 0 aliphatic carbocycles. The summed E-state index contributed by atoms with van der Waals surface area (Å²) < 4.78 is 34.1. The Balaban J connectivity index is 2.32. The van der Waals surface area contributed by atoms with Gasteiger partial charge in [-0.3, -0.25) is 4.55 Å². The van der Waals surface area contributed by atoms with E-state index in [-0.39, 0.29) is 12.3 Å². The maximum Gasteiger partial charge on any atom is 0.266 e. The van der Waals surface area contributed by atoms with E-state index in [2.05, 4.69) is 0 Å². The molecule has 0 atom stereocenters. The topological polar surface area (TPSA) is 66.8 Å². The van der Waals surface area contributed by atoms with Crippen molar-refractivity contribution >= 4 is 10.1 Å². The minimum atomic E-state index is -3.85. The smallest absolute Gasteiger partial charge is 0.266 e. The van der Waals surface area contributed by atoms with Crippen molar-refractivity contribution in [1.29, 1.82) is 0 Å². The van der Waals surface area contributed by atoms with Crippen molar-refractivity contribution in [2.45, 2.75) is 0 Å². The van der Waals surface area contributed by atoms with Crippen LogP contribution in [0.15, 0.2) is 12.3 Å². The van der Waals surface area contributed by atoms with E-state index in [9.17, 15) is 8.42 Å². The highest BCUT2D eigenvalue weighted by molar-refractivity contribution is 7.85. The standard InChI is InChI=1S/C6H11NO4S/c8-12(9,10)5-3-7-2-1-4-11-6-7/h1-2H,3-6H2,(H,8,9,10). The second-order valence-electron chi connectivity index (χ2n) is 2.48. The van der Waals surface area contributed by atoms with Gasteiger partial charge in [0, 0.05) is 6.54 Å². The largest absolute Gasteiger partial charge is 0.357 e. The van der Waals surface area contributed by atoms with Crippen molar-refractivity contribution in [2.24, 2.45) is 0 Å². The molecule has 6 heteroatoms. The Morgan fingerprint density at radius 2 is 2.33 bits per heavy atom. The van der Waals surface area contributed by atoms with Crippen molar-refractivity contribution in [1.82, 2.24) is 4.90 Å². The third-order valence-corrected chi connectivity index (χ3v) is 2.12. The van der Waals surface area contributed by atoms with Crippen LogP contribution >= 0.6 is 0 Å². The van der Waals surface area contributed by atoms with Crippen molar-refractivity contribution in [2.75, 3.05) is 25.6 Å². The molecule has 0 aromatic heterocycles. The Labute approximate surface area is 71.4 Å². The van der Waals surface area contributed by atoms with Crippen LogP contribution in [-0.2, 0) is 14.9 Å². The van der Waals surface area contributed by atoms with Crippen LogP contribution in [0.25, 0.3) is 0 Å². The van der Waals surface area contributed by atoms with E-state index in [0.29, 0.717) is 13.3 Å². The van der Waals surface area contributed by atoms with Gasteiger partial charge in [-0.1, -0.05) is 0 Å². The fourth-order valence-electron chi connectivity index (χ4n) is 0.845. The Kier molecular flexibility index (Phi) is 3.07. The van der Waals surface area contributed by atoms with Crippen molar-refractivity contribution in [3.05, 3.63) is 12.3 Å². The molecule has 0 fully saturated rings. The molecule has 12 heavy (non-hydrogen) atoms. The summed E-state index contributed by atoms with van der Waals surface area (Å²) in [6.07, 6.45) is 3.54. The predicted molar refractivity (Wildman–Crippen MR) is 43.1 cm³/mol. The van der Waals surface area contributed by atoms with Gasteiger partial charge >= 0.3 is 0 Å². The van der Waals surface area contributed by atoms with Gasteiger partial charge in [0.05, 0.1) is 12.4 Å². The molecule has 70 valence electrons. The summed E-state index contributed by atoms with van der Waals surface area (Å²) in [5.41, 5.74) is 0. The average Bonchev–Trinajstić information content (AvgIpc) is 2.02. The normalized spacial score (nSPS) is 18.2. The van der Waals surface area contributed by atoms with Gasteiger partial charge in [0.2, 0.25) is 0 Å². The quantitative estimate of drug-likeness (QED) is 0.622. The van der Waals surface area contributed by atoms with Crippen LogP contribution in [0.3, 0.4) is 0 Å². The van der Waals surface area contributed by atoms with Crippen LogP contribution in [0.1, 0.15) is 0 Å². The Morgan fingerprint density at radius 1 is 1.58 bits per heavy atom. The van der Waals surface area contributed by atoms with E-state index >= 15 is 0 Å². The van der Waals surface area contributed by atoms with E-state index in [1.807, 2.05) is 0 Å². The predicted octanol–water partition coefficient (Wildman–Crippen LogP) is -0.322. The molecule has 1 aliphatic heterocycles. The van der Waals surface area contributed by atoms with Gasteiger partial charge in [-0.2, -0.15) is 8.42 Å². The first-order valence-corrected chi connectivity index (χ1v) is 5.12. The molecule has 1 heterocycles. The van der Waals surface area contributed by atoms with Crippen molar-refractivity contribution < 1.29 is 17.7 Å². The third kappa shape index (κ3) is 3.70. The van der Waals surface area contributed by atoms with E-state index in [1.165, 1.54) is 0 Å². The lowest BCUT2D eigenvalue weighted by Crippen LogP contribution is -2.29. The molecule has 1 aliphatic rings. The van der Waals surface area contributed by atoms with Crippen LogP contribution in [0.5, 0.6) is 0 Å². The summed E-state index contributed by atoms with van der Waals surface area (Å²) >= 11 is 0. The molecule has 5 nitrogen and oxygen atoms in total. The second kappa shape index (κ2) is 3.88. The van der Waals surface area contributed by atoms with Gasteiger partial charge < -0.3 is 9.64 Å². The third-order valence-electron chi connectivity index (χ3n) is 1.42. The summed E-state index contributed by atoms with van der Waals surface area (Å²) in [4.78, 5) is 1.68. The molecule has 1 rings (SSSR count). The Morgan fingerprint density at radius 3 is 2.83 bits per heavy atom. The van der Waals surface area contributed by atoms with Crippen LogP contribution in [-0.4, -0.2) is 43.5 Å².